The fourth-order valence-corrected chi connectivity index (χ4v) is 4.40. The Morgan fingerprint density at radius 1 is 1.26 bits per heavy atom. The molecule has 31 heavy (non-hydrogen) atoms. The molecule has 10 heteroatoms. The van der Waals surface area contributed by atoms with E-state index in [4.69, 9.17) is 4.74 Å². The van der Waals surface area contributed by atoms with Crippen LogP contribution in [0.3, 0.4) is 0 Å². The van der Waals surface area contributed by atoms with E-state index in [1.807, 2.05) is 0 Å². The Balaban J connectivity index is 1.38. The number of aryl methyl sites for hydroxylation is 1. The molecule has 2 N–H and O–H groups in total. The summed E-state index contributed by atoms with van der Waals surface area (Å²) >= 11 is 1.08. The van der Waals surface area contributed by atoms with Gasteiger partial charge in [-0.1, -0.05) is 6.42 Å². The lowest BCUT2D eigenvalue weighted by atomic mass is 10.1. The lowest BCUT2D eigenvalue weighted by molar-refractivity contribution is 0.0617. The predicted octanol–water partition coefficient (Wildman–Crippen LogP) is 1.56. The standard InChI is InChI=1S/C21H25N5O4S/c1-14-18-19(31-24-14)23-21(29)26(20(18)28)22-11-15-5-7-17(8-6-15)30-13-16(27)12-25-9-3-2-4-10-25/h5-8,11,16,27H,2-4,9-10,12-13H2,1H3,(H,23,29)/b22-11+. The number of aliphatic hydroxyl groups excluding tert-OH is 1. The molecule has 1 aliphatic rings. The van der Waals surface area contributed by atoms with Crippen LogP contribution in [0.2, 0.25) is 0 Å². The summed E-state index contributed by atoms with van der Waals surface area (Å²) in [5, 5.41) is 14.6. The molecule has 0 saturated carbocycles. The van der Waals surface area contributed by atoms with E-state index in [9.17, 15) is 14.7 Å². The molecule has 2 aromatic heterocycles. The average molecular weight is 444 g/mol. The van der Waals surface area contributed by atoms with E-state index in [2.05, 4.69) is 19.4 Å². The number of rotatable bonds is 7. The molecule has 1 atom stereocenters. The zero-order chi connectivity index (χ0) is 21.8. The maximum atomic E-state index is 12.5. The summed E-state index contributed by atoms with van der Waals surface area (Å²) in [6.45, 7) is 4.63. The first-order valence-corrected chi connectivity index (χ1v) is 11.1. The Kier molecular flexibility index (Phi) is 6.59. The van der Waals surface area contributed by atoms with Crippen LogP contribution < -0.4 is 16.0 Å². The summed E-state index contributed by atoms with van der Waals surface area (Å²) < 4.78 is 10.6. The Labute approximate surface area is 182 Å². The number of hydrogen-bond acceptors (Lipinski definition) is 8. The average Bonchev–Trinajstić information content (AvgIpc) is 3.14. The highest BCUT2D eigenvalue weighted by atomic mass is 32.1. The smallest absolute Gasteiger partial charge is 0.350 e. The number of ether oxygens (including phenoxy) is 1. The van der Waals surface area contributed by atoms with Gasteiger partial charge in [-0.05, 0) is 74.2 Å². The molecule has 9 nitrogen and oxygen atoms in total. The molecule has 164 valence electrons. The molecular weight excluding hydrogens is 418 g/mol. The summed E-state index contributed by atoms with van der Waals surface area (Å²) in [4.78, 5) is 30.0. The van der Waals surface area contributed by atoms with Crippen LogP contribution in [0, 0.1) is 6.92 Å². The van der Waals surface area contributed by atoms with Gasteiger partial charge in [-0.2, -0.15) is 9.47 Å². The first kappa shape index (κ1) is 21.4. The van der Waals surface area contributed by atoms with Crippen molar-refractivity contribution in [3.8, 4) is 5.75 Å². The van der Waals surface area contributed by atoms with E-state index in [1.54, 1.807) is 31.2 Å². The third-order valence-electron chi connectivity index (χ3n) is 5.24. The fourth-order valence-electron chi connectivity index (χ4n) is 3.62. The molecule has 0 amide bonds. The Morgan fingerprint density at radius 3 is 2.74 bits per heavy atom. The van der Waals surface area contributed by atoms with Crippen LogP contribution in [0.25, 0.3) is 10.2 Å². The molecule has 1 aliphatic heterocycles. The number of H-pyrrole nitrogens is 1. The van der Waals surface area contributed by atoms with E-state index in [-0.39, 0.29) is 6.61 Å². The molecule has 4 rings (SSSR count). The van der Waals surface area contributed by atoms with Gasteiger partial charge in [0.25, 0.3) is 5.56 Å². The number of nitrogens with zero attached hydrogens (tertiary/aromatic N) is 4. The van der Waals surface area contributed by atoms with Crippen molar-refractivity contribution in [3.63, 3.8) is 0 Å². The zero-order valence-electron chi connectivity index (χ0n) is 17.3. The molecule has 0 radical (unpaired) electrons. The lowest BCUT2D eigenvalue weighted by Gasteiger charge is -2.28. The van der Waals surface area contributed by atoms with Crippen LogP contribution in [-0.4, -0.2) is 62.6 Å². The fraction of sp³-hybridized carbons (Fsp3) is 0.429. The topological polar surface area (TPSA) is 113 Å². The molecule has 1 fully saturated rings. The molecule has 1 unspecified atom stereocenters. The number of hydrogen-bond donors (Lipinski definition) is 2. The minimum Gasteiger partial charge on any atom is -0.491 e. The molecule has 1 aromatic carbocycles. The number of aromatic amines is 1. The van der Waals surface area contributed by atoms with Gasteiger partial charge in [0.15, 0.2) is 0 Å². The minimum absolute atomic E-state index is 0.225. The molecule has 0 bridgehead atoms. The number of benzene rings is 1. The van der Waals surface area contributed by atoms with E-state index in [1.165, 1.54) is 25.5 Å². The van der Waals surface area contributed by atoms with Gasteiger partial charge in [0.2, 0.25) is 0 Å². The van der Waals surface area contributed by atoms with E-state index in [0.29, 0.717) is 33.8 Å². The van der Waals surface area contributed by atoms with E-state index in [0.717, 1.165) is 29.3 Å². The van der Waals surface area contributed by atoms with Gasteiger partial charge in [0, 0.05) is 6.54 Å². The number of fused-ring (bicyclic) bond motifs is 1. The molecular formula is C21H25N5O4S. The van der Waals surface area contributed by atoms with Gasteiger partial charge in [0.1, 0.15) is 23.3 Å². The molecule has 3 aromatic rings. The van der Waals surface area contributed by atoms with Crippen molar-refractivity contribution in [2.24, 2.45) is 5.10 Å². The highest BCUT2D eigenvalue weighted by Crippen LogP contribution is 2.15. The van der Waals surface area contributed by atoms with Gasteiger partial charge in [0.05, 0.1) is 17.3 Å². The predicted molar refractivity (Wildman–Crippen MR) is 120 cm³/mol. The highest BCUT2D eigenvalue weighted by molar-refractivity contribution is 7.12. The maximum absolute atomic E-state index is 12.5. The Morgan fingerprint density at radius 2 is 2.00 bits per heavy atom. The lowest BCUT2D eigenvalue weighted by Crippen LogP contribution is -2.38. The first-order valence-electron chi connectivity index (χ1n) is 10.3. The van der Waals surface area contributed by atoms with Crippen LogP contribution in [0.5, 0.6) is 5.75 Å². The largest absolute Gasteiger partial charge is 0.491 e. The van der Waals surface area contributed by atoms with E-state index < -0.39 is 17.4 Å². The molecule has 1 saturated heterocycles. The molecule has 0 spiro atoms. The number of aromatic nitrogens is 3. The van der Waals surface area contributed by atoms with Crippen molar-refractivity contribution in [1.82, 2.24) is 18.9 Å². The zero-order valence-corrected chi connectivity index (χ0v) is 18.1. The Hall–Kier alpha value is -2.82. The van der Waals surface area contributed by atoms with E-state index >= 15 is 0 Å². The third kappa shape index (κ3) is 5.09. The normalized spacial score (nSPS) is 16.2. The van der Waals surface area contributed by atoms with Crippen LogP contribution in [0.15, 0.2) is 39.0 Å². The van der Waals surface area contributed by atoms with Crippen molar-refractivity contribution in [1.29, 1.82) is 0 Å². The first-order chi connectivity index (χ1) is 15.0. The number of likely N-dealkylation sites (tertiary alicyclic amines) is 1. The highest BCUT2D eigenvalue weighted by Gasteiger charge is 2.15. The van der Waals surface area contributed by atoms with Crippen LogP contribution in [-0.2, 0) is 0 Å². The van der Waals surface area contributed by atoms with Gasteiger partial charge >= 0.3 is 5.69 Å². The van der Waals surface area contributed by atoms with Crippen molar-refractivity contribution >= 4 is 28.0 Å². The monoisotopic (exact) mass is 443 g/mol. The van der Waals surface area contributed by atoms with Gasteiger partial charge in [-0.15, -0.1) is 4.68 Å². The van der Waals surface area contributed by atoms with Crippen LogP contribution >= 0.6 is 11.5 Å². The number of β-amino-alcohol motifs (C(OH)–C–C–N with tert-alkyl or cyclic N) is 1. The second kappa shape index (κ2) is 9.54. The maximum Gasteiger partial charge on any atom is 0.350 e. The van der Waals surface area contributed by atoms with Gasteiger partial charge in [-0.25, -0.2) is 4.79 Å². The molecule has 3 heterocycles. The van der Waals surface area contributed by atoms with Crippen molar-refractivity contribution in [2.75, 3.05) is 26.2 Å². The number of nitrogens with one attached hydrogen (secondary N) is 1. The summed E-state index contributed by atoms with van der Waals surface area (Å²) in [7, 11) is 0. The number of aliphatic hydroxyl groups is 1. The Bertz CT molecular complexity index is 1180. The summed E-state index contributed by atoms with van der Waals surface area (Å²) in [6, 6.07) is 7.06. The number of piperidine rings is 1. The summed E-state index contributed by atoms with van der Waals surface area (Å²) in [6.07, 6.45) is 4.54. The molecule has 0 aliphatic carbocycles. The van der Waals surface area contributed by atoms with Crippen molar-refractivity contribution in [2.45, 2.75) is 32.3 Å². The second-order valence-electron chi connectivity index (χ2n) is 7.66. The summed E-state index contributed by atoms with van der Waals surface area (Å²) in [5.41, 5.74) is 0.158. The minimum atomic E-state index is -0.611. The summed E-state index contributed by atoms with van der Waals surface area (Å²) in [5.74, 6) is 0.631. The third-order valence-corrected chi connectivity index (χ3v) is 6.10. The van der Waals surface area contributed by atoms with Crippen molar-refractivity contribution in [3.05, 3.63) is 56.4 Å². The quantitative estimate of drug-likeness (QED) is 0.536. The van der Waals surface area contributed by atoms with Gasteiger partial charge < -0.3 is 14.7 Å². The van der Waals surface area contributed by atoms with Gasteiger partial charge in [-0.3, -0.25) is 9.78 Å². The van der Waals surface area contributed by atoms with Crippen LogP contribution in [0.1, 0.15) is 30.5 Å². The van der Waals surface area contributed by atoms with Crippen molar-refractivity contribution < 1.29 is 9.84 Å². The SMILES string of the molecule is Cc1nsc2[nH]c(=O)n(/N=C/c3ccc(OCC(O)CN4CCCCC4)cc3)c(=O)c12. The van der Waals surface area contributed by atoms with Crippen LogP contribution in [0.4, 0.5) is 0 Å². The second-order valence-corrected chi connectivity index (χ2v) is 8.43.